The minimum absolute atomic E-state index is 0.0660. The zero-order valence-corrected chi connectivity index (χ0v) is 12.3. The van der Waals surface area contributed by atoms with Gasteiger partial charge in [-0.3, -0.25) is 4.79 Å². The molecule has 114 valence electrons. The molecule has 2 aliphatic rings. The maximum atomic E-state index is 12.3. The number of nitrogens with one attached hydrogen (secondary N) is 2. The molecular weight excluding hydrogens is 264 g/mol. The van der Waals surface area contributed by atoms with Gasteiger partial charge in [0, 0.05) is 5.69 Å². The van der Waals surface area contributed by atoms with Crippen LogP contribution in [-0.4, -0.2) is 29.7 Å². The Labute approximate surface area is 125 Å². The highest BCUT2D eigenvalue weighted by molar-refractivity contribution is 5.96. The van der Waals surface area contributed by atoms with Crippen molar-refractivity contribution in [1.82, 2.24) is 5.32 Å². The lowest BCUT2D eigenvalue weighted by Crippen LogP contribution is -2.43. The molecule has 1 aromatic rings. The van der Waals surface area contributed by atoms with Gasteiger partial charge in [0.25, 0.3) is 0 Å². The number of hydrogen-bond acceptors (Lipinski definition) is 3. The molecule has 0 bridgehead atoms. The third kappa shape index (κ3) is 3.63. The van der Waals surface area contributed by atoms with Crippen molar-refractivity contribution in [2.24, 2.45) is 5.92 Å². The Hall–Kier alpha value is -1.39. The first-order valence-corrected chi connectivity index (χ1v) is 8.02. The number of benzene rings is 1. The summed E-state index contributed by atoms with van der Waals surface area (Å²) in [4.78, 5) is 12.3. The van der Waals surface area contributed by atoms with Crippen LogP contribution < -0.4 is 10.6 Å². The van der Waals surface area contributed by atoms with E-state index in [1.54, 1.807) is 0 Å². The molecule has 3 rings (SSSR count). The Morgan fingerprint density at radius 3 is 2.95 bits per heavy atom. The molecule has 21 heavy (non-hydrogen) atoms. The predicted octanol–water partition coefficient (Wildman–Crippen LogP) is 2.08. The summed E-state index contributed by atoms with van der Waals surface area (Å²) in [6, 6.07) is 7.89. The fraction of sp³-hybridized carbons (Fsp3) is 0.588. The van der Waals surface area contributed by atoms with Crippen LogP contribution in [0.25, 0.3) is 0 Å². The Morgan fingerprint density at radius 1 is 1.24 bits per heavy atom. The Bertz CT molecular complexity index is 503. The van der Waals surface area contributed by atoms with Gasteiger partial charge < -0.3 is 15.7 Å². The summed E-state index contributed by atoms with van der Waals surface area (Å²) in [7, 11) is 0. The van der Waals surface area contributed by atoms with Crippen LogP contribution >= 0.6 is 0 Å². The molecule has 1 saturated carbocycles. The van der Waals surface area contributed by atoms with Crippen LogP contribution in [0, 0.1) is 5.92 Å². The number of aliphatic hydroxyl groups is 1. The molecule has 3 N–H and O–H groups in total. The van der Waals surface area contributed by atoms with E-state index in [9.17, 15) is 9.90 Å². The Morgan fingerprint density at radius 2 is 2.10 bits per heavy atom. The van der Waals surface area contributed by atoms with Gasteiger partial charge in [0.15, 0.2) is 0 Å². The molecule has 4 nitrogen and oxygen atoms in total. The number of hydrogen-bond donors (Lipinski definition) is 3. The Kier molecular flexibility index (Phi) is 4.56. The predicted molar refractivity (Wildman–Crippen MR) is 83.1 cm³/mol. The zero-order valence-electron chi connectivity index (χ0n) is 12.3. The molecule has 0 saturated heterocycles. The highest BCUT2D eigenvalue weighted by atomic mass is 16.3. The van der Waals surface area contributed by atoms with Crippen molar-refractivity contribution < 1.29 is 9.90 Å². The van der Waals surface area contributed by atoms with E-state index in [0.29, 0.717) is 5.92 Å². The first-order chi connectivity index (χ1) is 10.2. The monoisotopic (exact) mass is 288 g/mol. The van der Waals surface area contributed by atoms with Crippen LogP contribution in [0.4, 0.5) is 5.69 Å². The fourth-order valence-electron chi connectivity index (χ4n) is 3.46. The number of para-hydroxylation sites is 1. The average molecular weight is 288 g/mol. The normalized spacial score (nSPS) is 29.4. The average Bonchev–Trinajstić information content (AvgIpc) is 2.64. The molecular formula is C17H24N2O2. The number of rotatable bonds is 3. The topological polar surface area (TPSA) is 61.4 Å². The number of aryl methyl sites for hydroxylation is 1. The summed E-state index contributed by atoms with van der Waals surface area (Å²) in [5, 5.41) is 16.2. The Balaban J connectivity index is 1.56. The van der Waals surface area contributed by atoms with Crippen LogP contribution in [0.1, 0.15) is 37.7 Å². The second-order valence-electron chi connectivity index (χ2n) is 6.33. The second kappa shape index (κ2) is 6.58. The van der Waals surface area contributed by atoms with Crippen molar-refractivity contribution in [2.75, 3.05) is 11.9 Å². The lowest BCUT2D eigenvalue weighted by Gasteiger charge is -2.27. The van der Waals surface area contributed by atoms with Gasteiger partial charge in [-0.15, -0.1) is 0 Å². The van der Waals surface area contributed by atoms with Crippen LogP contribution in [0.15, 0.2) is 24.3 Å². The number of carbonyl (C=O) groups excluding carboxylic acids is 1. The van der Waals surface area contributed by atoms with Gasteiger partial charge in [0.1, 0.15) is 0 Å². The SMILES string of the molecule is O=C1Nc2ccccc2CCC1NCC1CCCC(O)C1. The molecule has 3 unspecified atom stereocenters. The molecule has 4 heteroatoms. The third-order valence-electron chi connectivity index (χ3n) is 4.70. The summed E-state index contributed by atoms with van der Waals surface area (Å²) < 4.78 is 0. The van der Waals surface area contributed by atoms with E-state index in [1.165, 1.54) is 5.56 Å². The third-order valence-corrected chi connectivity index (χ3v) is 4.70. The molecule has 0 spiro atoms. The van der Waals surface area contributed by atoms with E-state index < -0.39 is 0 Å². The summed E-state index contributed by atoms with van der Waals surface area (Å²) in [6.07, 6.45) is 5.63. The van der Waals surface area contributed by atoms with E-state index in [-0.39, 0.29) is 18.1 Å². The minimum atomic E-state index is -0.155. The van der Waals surface area contributed by atoms with Gasteiger partial charge in [-0.25, -0.2) is 0 Å². The lowest BCUT2D eigenvalue weighted by atomic mass is 9.87. The maximum Gasteiger partial charge on any atom is 0.241 e. The molecule has 3 atom stereocenters. The van der Waals surface area contributed by atoms with Crippen LogP contribution in [0.5, 0.6) is 0 Å². The first kappa shape index (κ1) is 14.5. The number of amides is 1. The van der Waals surface area contributed by atoms with Gasteiger partial charge in [-0.1, -0.05) is 24.6 Å². The van der Waals surface area contributed by atoms with E-state index in [0.717, 1.165) is 50.8 Å². The summed E-state index contributed by atoms with van der Waals surface area (Å²) in [6.45, 7) is 0.825. The number of carbonyl (C=O) groups is 1. The van der Waals surface area contributed by atoms with E-state index in [4.69, 9.17) is 0 Å². The number of anilines is 1. The quantitative estimate of drug-likeness (QED) is 0.798. The standard InChI is InChI=1S/C17H24N2O2/c20-14-6-3-4-12(10-14)11-18-16-9-8-13-5-1-2-7-15(13)19-17(16)21/h1-2,5,7,12,14,16,18,20H,3-4,6,8-11H2,(H,19,21). The van der Waals surface area contributed by atoms with E-state index in [1.807, 2.05) is 18.2 Å². The van der Waals surface area contributed by atoms with E-state index in [2.05, 4.69) is 16.7 Å². The maximum absolute atomic E-state index is 12.3. The van der Waals surface area contributed by atoms with Gasteiger partial charge in [0.05, 0.1) is 12.1 Å². The molecule has 0 radical (unpaired) electrons. The van der Waals surface area contributed by atoms with Gasteiger partial charge in [0.2, 0.25) is 5.91 Å². The van der Waals surface area contributed by atoms with Crippen molar-refractivity contribution in [2.45, 2.75) is 50.7 Å². The molecule has 1 amide bonds. The molecule has 1 aliphatic carbocycles. The van der Waals surface area contributed by atoms with Crippen molar-refractivity contribution in [1.29, 1.82) is 0 Å². The van der Waals surface area contributed by atoms with E-state index >= 15 is 0 Å². The minimum Gasteiger partial charge on any atom is -0.393 e. The summed E-state index contributed by atoms with van der Waals surface area (Å²) in [5.74, 6) is 0.559. The van der Waals surface area contributed by atoms with Crippen LogP contribution in [-0.2, 0) is 11.2 Å². The molecule has 1 aliphatic heterocycles. The first-order valence-electron chi connectivity index (χ1n) is 8.02. The van der Waals surface area contributed by atoms with Crippen LogP contribution in [0.3, 0.4) is 0 Å². The molecule has 1 fully saturated rings. The van der Waals surface area contributed by atoms with Gasteiger partial charge in [-0.05, 0) is 56.2 Å². The fourth-order valence-corrected chi connectivity index (χ4v) is 3.46. The zero-order chi connectivity index (χ0) is 14.7. The van der Waals surface area contributed by atoms with Crippen molar-refractivity contribution in [3.05, 3.63) is 29.8 Å². The summed E-state index contributed by atoms with van der Waals surface area (Å²) >= 11 is 0. The van der Waals surface area contributed by atoms with Crippen molar-refractivity contribution in [3.8, 4) is 0 Å². The summed E-state index contributed by atoms with van der Waals surface area (Å²) in [5.41, 5.74) is 2.16. The largest absolute Gasteiger partial charge is 0.393 e. The molecule has 0 aromatic heterocycles. The second-order valence-corrected chi connectivity index (χ2v) is 6.33. The van der Waals surface area contributed by atoms with Gasteiger partial charge in [-0.2, -0.15) is 0 Å². The molecule has 1 aromatic carbocycles. The number of aliphatic hydroxyl groups excluding tert-OH is 1. The highest BCUT2D eigenvalue weighted by Crippen LogP contribution is 2.25. The lowest BCUT2D eigenvalue weighted by molar-refractivity contribution is -0.118. The number of fused-ring (bicyclic) bond motifs is 1. The smallest absolute Gasteiger partial charge is 0.241 e. The van der Waals surface area contributed by atoms with Gasteiger partial charge >= 0.3 is 0 Å². The van der Waals surface area contributed by atoms with Crippen LogP contribution in [0.2, 0.25) is 0 Å². The molecule has 1 heterocycles. The van der Waals surface area contributed by atoms with Crippen molar-refractivity contribution >= 4 is 11.6 Å². The highest BCUT2D eigenvalue weighted by Gasteiger charge is 2.25. The van der Waals surface area contributed by atoms with Crippen molar-refractivity contribution in [3.63, 3.8) is 0 Å².